The minimum absolute atomic E-state index is 0.0438. The maximum Gasteiger partial charge on any atom is 0.260 e. The third-order valence-electron chi connectivity index (χ3n) is 5.58. The van der Waals surface area contributed by atoms with Gasteiger partial charge >= 0.3 is 0 Å². The van der Waals surface area contributed by atoms with Crippen LogP contribution < -0.4 is 5.56 Å². The quantitative estimate of drug-likeness (QED) is 0.484. The van der Waals surface area contributed by atoms with Crippen LogP contribution in [0.5, 0.6) is 0 Å². The van der Waals surface area contributed by atoms with Gasteiger partial charge in [-0.3, -0.25) is 19.2 Å². The third kappa shape index (κ3) is 3.23. The number of hydrogen-bond acceptors (Lipinski definition) is 5. The fourth-order valence-electron chi connectivity index (χ4n) is 3.98. The smallest absolute Gasteiger partial charge is 0.260 e. The number of rotatable bonds is 3. The second kappa shape index (κ2) is 7.39. The van der Waals surface area contributed by atoms with Gasteiger partial charge in [-0.05, 0) is 37.6 Å². The molecule has 2 atom stereocenters. The molecule has 9 heteroatoms. The number of nitrogens with zero attached hydrogens (tertiary/aromatic N) is 6. The highest BCUT2D eigenvalue weighted by atomic mass is 35.5. The molecule has 31 heavy (non-hydrogen) atoms. The summed E-state index contributed by atoms with van der Waals surface area (Å²) in [5.41, 5.74) is 1.88. The van der Waals surface area contributed by atoms with E-state index in [1.807, 2.05) is 13.8 Å². The van der Waals surface area contributed by atoms with E-state index in [1.165, 1.54) is 6.07 Å². The van der Waals surface area contributed by atoms with E-state index in [0.717, 1.165) is 5.71 Å². The Balaban J connectivity index is 1.65. The third-order valence-corrected chi connectivity index (χ3v) is 5.83. The van der Waals surface area contributed by atoms with Crippen molar-refractivity contribution in [3.8, 4) is 0 Å². The highest BCUT2D eigenvalue weighted by Gasteiger charge is 2.23. The molecule has 5 rings (SSSR count). The summed E-state index contributed by atoms with van der Waals surface area (Å²) < 4.78 is 18.0. The summed E-state index contributed by atoms with van der Waals surface area (Å²) in [6.07, 6.45) is 7.32. The normalized spacial score (nSPS) is 17.6. The lowest BCUT2D eigenvalue weighted by Crippen LogP contribution is -2.25. The SMILES string of the molecule is CC1CC(Cl)=CN=C1c1cc(F)c2nnc([C@@H](C)n3ccc4ncccc4c3=O)n2c1. The van der Waals surface area contributed by atoms with Gasteiger partial charge in [0.2, 0.25) is 0 Å². The van der Waals surface area contributed by atoms with Gasteiger partial charge < -0.3 is 4.57 Å². The topological polar surface area (TPSA) is 77.4 Å². The van der Waals surface area contributed by atoms with Gasteiger partial charge in [-0.2, -0.15) is 0 Å². The molecule has 0 N–H and O–H groups in total. The van der Waals surface area contributed by atoms with Gasteiger partial charge in [-0.15, -0.1) is 10.2 Å². The minimum Gasteiger partial charge on any atom is -0.304 e. The standard InChI is InChI=1S/C22H18ClFN6O/c1-12-8-15(23)10-26-19(12)14-9-17(24)21-28-27-20(30(21)11-14)13(2)29-7-5-18-16(22(29)31)4-3-6-25-18/h3-7,9-13H,8H2,1-2H3/t12?,13-/m1/s1. The van der Waals surface area contributed by atoms with Gasteiger partial charge in [-0.25, -0.2) is 4.39 Å². The van der Waals surface area contributed by atoms with E-state index in [2.05, 4.69) is 20.2 Å². The molecular formula is C22H18ClFN6O. The average Bonchev–Trinajstić information content (AvgIpc) is 3.18. The second-order valence-corrected chi connectivity index (χ2v) is 8.15. The zero-order valence-corrected chi connectivity index (χ0v) is 17.6. The van der Waals surface area contributed by atoms with Crippen LogP contribution in [-0.4, -0.2) is 29.9 Å². The predicted octanol–water partition coefficient (Wildman–Crippen LogP) is 4.10. The van der Waals surface area contributed by atoms with Crippen molar-refractivity contribution < 1.29 is 4.39 Å². The highest BCUT2D eigenvalue weighted by molar-refractivity contribution is 6.30. The van der Waals surface area contributed by atoms with Crippen LogP contribution in [0.15, 0.2) is 63.9 Å². The van der Waals surface area contributed by atoms with E-state index in [4.69, 9.17) is 11.6 Å². The summed E-state index contributed by atoms with van der Waals surface area (Å²) in [5, 5.41) is 9.38. The van der Waals surface area contributed by atoms with Gasteiger partial charge in [0.1, 0.15) is 0 Å². The number of aromatic nitrogens is 5. The van der Waals surface area contributed by atoms with Crippen LogP contribution in [-0.2, 0) is 0 Å². The molecule has 156 valence electrons. The Kier molecular flexibility index (Phi) is 4.66. The first kappa shape index (κ1) is 19.6. The van der Waals surface area contributed by atoms with Crippen LogP contribution in [0.4, 0.5) is 4.39 Å². The van der Waals surface area contributed by atoms with Crippen molar-refractivity contribution in [2.45, 2.75) is 26.3 Å². The van der Waals surface area contributed by atoms with Crippen molar-refractivity contribution >= 4 is 33.9 Å². The summed E-state index contributed by atoms with van der Waals surface area (Å²) >= 11 is 6.08. The Morgan fingerprint density at radius 1 is 1.29 bits per heavy atom. The molecule has 5 heterocycles. The molecule has 7 nitrogen and oxygen atoms in total. The fourth-order valence-corrected chi connectivity index (χ4v) is 4.26. The first-order valence-corrected chi connectivity index (χ1v) is 10.2. The number of allylic oxidation sites excluding steroid dienone is 1. The summed E-state index contributed by atoms with van der Waals surface area (Å²) in [7, 11) is 0. The molecule has 0 bridgehead atoms. The van der Waals surface area contributed by atoms with Crippen LogP contribution in [0.25, 0.3) is 16.6 Å². The van der Waals surface area contributed by atoms with E-state index in [1.54, 1.807) is 52.0 Å². The predicted molar refractivity (Wildman–Crippen MR) is 117 cm³/mol. The Bertz CT molecular complexity index is 1450. The molecule has 0 amide bonds. The van der Waals surface area contributed by atoms with Crippen molar-refractivity contribution in [2.24, 2.45) is 10.9 Å². The van der Waals surface area contributed by atoms with Crippen LogP contribution in [0.1, 0.15) is 37.7 Å². The number of fused-ring (bicyclic) bond motifs is 2. The number of pyridine rings is 3. The molecule has 0 spiro atoms. The molecule has 4 aromatic rings. The zero-order valence-electron chi connectivity index (χ0n) is 16.8. The summed E-state index contributed by atoms with van der Waals surface area (Å²) in [6, 6.07) is 6.15. The van der Waals surface area contributed by atoms with Crippen LogP contribution in [0.2, 0.25) is 0 Å². The van der Waals surface area contributed by atoms with E-state index < -0.39 is 11.9 Å². The molecular weight excluding hydrogens is 419 g/mol. The maximum absolute atomic E-state index is 14.9. The van der Waals surface area contributed by atoms with Gasteiger partial charge in [0.15, 0.2) is 17.3 Å². The first-order valence-electron chi connectivity index (χ1n) is 9.86. The highest BCUT2D eigenvalue weighted by Crippen LogP contribution is 2.27. The molecule has 0 fully saturated rings. The Morgan fingerprint density at radius 3 is 2.94 bits per heavy atom. The van der Waals surface area contributed by atoms with Gasteiger partial charge in [0.05, 0.1) is 22.7 Å². The average molecular weight is 437 g/mol. The number of halogens is 2. The lowest BCUT2D eigenvalue weighted by molar-refractivity contribution is 0.575. The zero-order chi connectivity index (χ0) is 21.7. The molecule has 0 radical (unpaired) electrons. The second-order valence-electron chi connectivity index (χ2n) is 7.66. The van der Waals surface area contributed by atoms with Crippen molar-refractivity contribution in [1.29, 1.82) is 0 Å². The largest absolute Gasteiger partial charge is 0.304 e. The summed E-state index contributed by atoms with van der Waals surface area (Å²) in [4.78, 5) is 21.6. The maximum atomic E-state index is 14.9. The van der Waals surface area contributed by atoms with E-state index in [0.29, 0.717) is 33.7 Å². The van der Waals surface area contributed by atoms with E-state index in [9.17, 15) is 9.18 Å². The van der Waals surface area contributed by atoms with Crippen molar-refractivity contribution in [3.63, 3.8) is 0 Å². The van der Waals surface area contributed by atoms with Crippen LogP contribution in [0, 0.1) is 11.7 Å². The van der Waals surface area contributed by atoms with Gasteiger partial charge in [-0.1, -0.05) is 18.5 Å². The Hall–Kier alpha value is -3.39. The molecule has 0 aliphatic carbocycles. The monoisotopic (exact) mass is 436 g/mol. The molecule has 0 saturated heterocycles. The van der Waals surface area contributed by atoms with E-state index in [-0.39, 0.29) is 17.1 Å². The lowest BCUT2D eigenvalue weighted by Gasteiger charge is -2.19. The van der Waals surface area contributed by atoms with Gasteiger partial charge in [0.25, 0.3) is 5.56 Å². The van der Waals surface area contributed by atoms with Gasteiger partial charge in [0, 0.05) is 41.3 Å². The lowest BCUT2D eigenvalue weighted by atomic mass is 9.94. The van der Waals surface area contributed by atoms with Crippen LogP contribution in [0.3, 0.4) is 0 Å². The molecule has 1 aliphatic rings. The Labute approximate surface area is 181 Å². The fraction of sp³-hybridized carbons (Fsp3) is 0.227. The van der Waals surface area contributed by atoms with E-state index >= 15 is 0 Å². The molecule has 1 aliphatic heterocycles. The van der Waals surface area contributed by atoms with Crippen molar-refractivity contribution in [2.75, 3.05) is 0 Å². The number of aliphatic imine (C=N–C) groups is 1. The van der Waals surface area contributed by atoms with Crippen LogP contribution >= 0.6 is 11.6 Å². The first-order chi connectivity index (χ1) is 14.9. The van der Waals surface area contributed by atoms with Crippen molar-refractivity contribution in [1.82, 2.24) is 24.1 Å². The minimum atomic E-state index is -0.506. The summed E-state index contributed by atoms with van der Waals surface area (Å²) in [5.74, 6) is -0.0184. The Morgan fingerprint density at radius 2 is 2.13 bits per heavy atom. The molecule has 0 saturated carbocycles. The molecule has 1 unspecified atom stereocenters. The molecule has 0 aromatic carbocycles. The van der Waals surface area contributed by atoms with Crippen molar-refractivity contribution in [3.05, 3.63) is 81.6 Å². The molecule has 4 aromatic heterocycles. The summed E-state index contributed by atoms with van der Waals surface area (Å²) in [6.45, 7) is 3.82. The number of hydrogen-bond donors (Lipinski definition) is 0.